The second-order valence-electron chi connectivity index (χ2n) is 8.98. The normalized spacial score (nSPS) is 17.2. The number of halogens is 1. The summed E-state index contributed by atoms with van der Waals surface area (Å²) < 4.78 is 0. The molecule has 0 atom stereocenters. The number of pyridine rings is 1. The molecule has 0 spiro atoms. The van der Waals surface area contributed by atoms with Gasteiger partial charge in [0, 0.05) is 42.8 Å². The fraction of sp³-hybridized carbons (Fsp3) is 0.250. The molecule has 0 unspecified atom stereocenters. The van der Waals surface area contributed by atoms with E-state index in [1.54, 1.807) is 6.20 Å². The maximum Gasteiger partial charge on any atom is 0.178 e. The van der Waals surface area contributed by atoms with Gasteiger partial charge in [-0.25, -0.2) is 0 Å². The molecule has 6 rings (SSSR count). The van der Waals surface area contributed by atoms with Crippen LogP contribution in [0.4, 0.5) is 0 Å². The van der Waals surface area contributed by atoms with Gasteiger partial charge in [0.05, 0.1) is 11.6 Å². The van der Waals surface area contributed by atoms with E-state index in [4.69, 9.17) is 16.4 Å². The van der Waals surface area contributed by atoms with Crippen molar-refractivity contribution in [3.8, 4) is 16.9 Å². The summed E-state index contributed by atoms with van der Waals surface area (Å²) in [5.41, 5.74) is 5.89. The van der Waals surface area contributed by atoms with E-state index in [0.717, 1.165) is 66.3 Å². The molecule has 3 heterocycles. The van der Waals surface area contributed by atoms with Crippen molar-refractivity contribution in [2.75, 3.05) is 13.1 Å². The Hall–Kier alpha value is -2.92. The van der Waals surface area contributed by atoms with Crippen LogP contribution in [0.5, 0.6) is 5.75 Å². The van der Waals surface area contributed by atoms with Gasteiger partial charge in [0.1, 0.15) is 5.52 Å². The summed E-state index contributed by atoms with van der Waals surface area (Å²) in [6.07, 6.45) is 3.99. The number of fused-ring (bicyclic) bond motifs is 3. The zero-order valence-corrected chi connectivity index (χ0v) is 19.2. The van der Waals surface area contributed by atoms with E-state index < -0.39 is 0 Å². The third kappa shape index (κ3) is 4.10. The molecule has 4 nitrogen and oxygen atoms in total. The van der Waals surface area contributed by atoms with Crippen molar-refractivity contribution in [2.24, 2.45) is 0 Å². The number of benzene rings is 3. The van der Waals surface area contributed by atoms with Gasteiger partial charge in [-0.3, -0.25) is 9.88 Å². The zero-order valence-electron chi connectivity index (χ0n) is 18.5. The van der Waals surface area contributed by atoms with Gasteiger partial charge in [-0.2, -0.15) is 0 Å². The van der Waals surface area contributed by atoms with Gasteiger partial charge in [-0.05, 0) is 47.7 Å². The van der Waals surface area contributed by atoms with Gasteiger partial charge in [0.15, 0.2) is 5.75 Å². The quantitative estimate of drug-likeness (QED) is 0.359. The Labute approximate surface area is 199 Å². The molecule has 0 aliphatic carbocycles. The monoisotopic (exact) mass is 455 g/mol. The number of hydrogen-bond acceptors (Lipinski definition) is 4. The molecule has 0 saturated carbocycles. The summed E-state index contributed by atoms with van der Waals surface area (Å²) in [5.74, 6) is 0.871. The smallest absolute Gasteiger partial charge is 0.178 e. The first-order valence-electron chi connectivity index (χ1n) is 11.6. The Bertz CT molecular complexity index is 1270. The third-order valence-corrected chi connectivity index (χ3v) is 7.15. The summed E-state index contributed by atoms with van der Waals surface area (Å²) in [6, 6.07) is 25.9. The van der Waals surface area contributed by atoms with Crippen LogP contribution in [0.2, 0.25) is 5.02 Å². The van der Waals surface area contributed by atoms with Crippen LogP contribution >= 0.6 is 11.6 Å². The predicted octanol–water partition coefficient (Wildman–Crippen LogP) is 6.33. The van der Waals surface area contributed by atoms with E-state index in [0.29, 0.717) is 6.04 Å². The van der Waals surface area contributed by atoms with Crippen LogP contribution in [0.25, 0.3) is 22.0 Å². The summed E-state index contributed by atoms with van der Waals surface area (Å²) >= 11 is 6.49. The Kier molecular flexibility index (Phi) is 5.50. The second kappa shape index (κ2) is 8.79. The van der Waals surface area contributed by atoms with Crippen molar-refractivity contribution in [1.82, 2.24) is 14.9 Å². The molecule has 166 valence electrons. The lowest BCUT2D eigenvalue weighted by molar-refractivity contribution is -0.0974. The van der Waals surface area contributed by atoms with Crippen molar-refractivity contribution in [3.05, 3.63) is 95.1 Å². The Morgan fingerprint density at radius 3 is 2.45 bits per heavy atom. The van der Waals surface area contributed by atoms with E-state index in [2.05, 4.69) is 69.5 Å². The molecule has 1 saturated heterocycles. The summed E-state index contributed by atoms with van der Waals surface area (Å²) in [6.45, 7) is 3.91. The molecule has 1 aromatic heterocycles. The minimum absolute atomic E-state index is 0.409. The van der Waals surface area contributed by atoms with Crippen molar-refractivity contribution >= 4 is 22.5 Å². The highest BCUT2D eigenvalue weighted by Crippen LogP contribution is 2.40. The third-order valence-electron chi connectivity index (χ3n) is 6.84. The second-order valence-corrected chi connectivity index (χ2v) is 9.39. The van der Waals surface area contributed by atoms with Gasteiger partial charge in [-0.15, -0.1) is 5.06 Å². The number of piperidine rings is 1. The van der Waals surface area contributed by atoms with Gasteiger partial charge < -0.3 is 4.84 Å². The minimum Gasteiger partial charge on any atom is -0.403 e. The van der Waals surface area contributed by atoms with Crippen LogP contribution in [0.15, 0.2) is 79.0 Å². The minimum atomic E-state index is 0.409. The van der Waals surface area contributed by atoms with Crippen molar-refractivity contribution in [1.29, 1.82) is 0 Å². The van der Waals surface area contributed by atoms with E-state index in [-0.39, 0.29) is 0 Å². The van der Waals surface area contributed by atoms with Gasteiger partial charge in [-0.1, -0.05) is 66.2 Å². The maximum absolute atomic E-state index is 6.49. The molecule has 2 aliphatic heterocycles. The number of aromatic nitrogens is 1. The molecule has 0 N–H and O–H groups in total. The molecular weight excluding hydrogens is 430 g/mol. The number of nitrogens with zero attached hydrogens (tertiary/aromatic N) is 3. The van der Waals surface area contributed by atoms with Gasteiger partial charge >= 0.3 is 0 Å². The van der Waals surface area contributed by atoms with E-state index >= 15 is 0 Å². The summed E-state index contributed by atoms with van der Waals surface area (Å²) in [4.78, 5) is 13.4. The number of hydroxylamine groups is 2. The molecule has 0 amide bonds. The molecule has 0 radical (unpaired) electrons. The van der Waals surface area contributed by atoms with E-state index in [1.165, 1.54) is 16.7 Å². The summed E-state index contributed by atoms with van der Waals surface area (Å²) in [5, 5.41) is 3.84. The van der Waals surface area contributed by atoms with Crippen molar-refractivity contribution in [2.45, 2.75) is 32.0 Å². The van der Waals surface area contributed by atoms with E-state index in [1.807, 2.05) is 18.2 Å². The lowest BCUT2D eigenvalue weighted by Crippen LogP contribution is -2.44. The van der Waals surface area contributed by atoms with Gasteiger partial charge in [0.2, 0.25) is 0 Å². The number of rotatable bonds is 4. The average molecular weight is 456 g/mol. The topological polar surface area (TPSA) is 28.6 Å². The first-order valence-corrected chi connectivity index (χ1v) is 12.0. The Morgan fingerprint density at radius 2 is 1.67 bits per heavy atom. The molecular formula is C28H26ClN3O. The molecule has 4 aromatic rings. The number of likely N-dealkylation sites (tertiary alicyclic amines) is 1. The highest BCUT2D eigenvalue weighted by Gasteiger charge is 2.32. The van der Waals surface area contributed by atoms with Gasteiger partial charge in [0.25, 0.3) is 0 Å². The SMILES string of the molecule is Clc1cc2c(c3ncccc13)ON(C1CCN(Cc3ccc(-c4ccccc4)cc3)CC1)C2. The van der Waals surface area contributed by atoms with Crippen LogP contribution in [-0.2, 0) is 13.1 Å². The fourth-order valence-electron chi connectivity index (χ4n) is 5.02. The fourth-order valence-corrected chi connectivity index (χ4v) is 5.31. The highest BCUT2D eigenvalue weighted by atomic mass is 35.5. The Balaban J connectivity index is 1.08. The van der Waals surface area contributed by atoms with Crippen molar-refractivity contribution in [3.63, 3.8) is 0 Å². The Morgan fingerprint density at radius 1 is 0.909 bits per heavy atom. The van der Waals surface area contributed by atoms with E-state index in [9.17, 15) is 0 Å². The molecule has 1 fully saturated rings. The molecule has 33 heavy (non-hydrogen) atoms. The largest absolute Gasteiger partial charge is 0.403 e. The lowest BCUT2D eigenvalue weighted by Gasteiger charge is -2.35. The average Bonchev–Trinajstić information content (AvgIpc) is 3.30. The standard InChI is InChI=1S/C28H26ClN3O/c29-26-17-23-19-32(33-28(23)27-25(26)7-4-14-30-27)24-12-15-31(16-13-24)18-20-8-10-22(11-9-20)21-5-2-1-3-6-21/h1-11,14,17,24H,12-13,15-16,18-19H2. The highest BCUT2D eigenvalue weighted by molar-refractivity contribution is 6.35. The molecule has 0 bridgehead atoms. The van der Waals surface area contributed by atoms with Crippen LogP contribution < -0.4 is 4.84 Å². The lowest BCUT2D eigenvalue weighted by atomic mass is 10.0. The van der Waals surface area contributed by atoms with Crippen LogP contribution in [0, 0.1) is 0 Å². The first kappa shape index (κ1) is 20.7. The maximum atomic E-state index is 6.49. The van der Waals surface area contributed by atoms with Crippen LogP contribution in [-0.4, -0.2) is 34.1 Å². The van der Waals surface area contributed by atoms with Crippen LogP contribution in [0.3, 0.4) is 0 Å². The zero-order chi connectivity index (χ0) is 22.2. The van der Waals surface area contributed by atoms with Crippen molar-refractivity contribution < 1.29 is 4.84 Å². The number of hydrogen-bond donors (Lipinski definition) is 0. The molecule has 2 aliphatic rings. The molecule has 3 aromatic carbocycles. The molecule has 5 heteroatoms. The first-order chi connectivity index (χ1) is 16.2. The van der Waals surface area contributed by atoms with Crippen LogP contribution in [0.1, 0.15) is 24.0 Å². The summed E-state index contributed by atoms with van der Waals surface area (Å²) in [7, 11) is 0. The predicted molar refractivity (Wildman–Crippen MR) is 133 cm³/mol.